The van der Waals surface area contributed by atoms with Gasteiger partial charge in [0.1, 0.15) is 0 Å². The van der Waals surface area contributed by atoms with Crippen molar-refractivity contribution in [3.8, 4) is 0 Å². The van der Waals surface area contributed by atoms with Crippen LogP contribution in [0.2, 0.25) is 0 Å². The van der Waals surface area contributed by atoms with E-state index in [4.69, 9.17) is 0 Å². The highest BCUT2D eigenvalue weighted by molar-refractivity contribution is 7.08. The van der Waals surface area contributed by atoms with Crippen LogP contribution in [0.25, 0.3) is 0 Å². The van der Waals surface area contributed by atoms with Gasteiger partial charge in [0.25, 0.3) is 0 Å². The van der Waals surface area contributed by atoms with E-state index in [0.717, 1.165) is 13.1 Å². The molecular weight excluding hydrogens is 250 g/mol. The van der Waals surface area contributed by atoms with E-state index in [1.54, 1.807) is 11.3 Å². The Kier molecular flexibility index (Phi) is 4.43. The van der Waals surface area contributed by atoms with Crippen LogP contribution >= 0.6 is 11.3 Å². The molecule has 2 heteroatoms. The third-order valence-corrected chi connectivity index (χ3v) is 4.34. The van der Waals surface area contributed by atoms with Crippen molar-refractivity contribution in [3.63, 3.8) is 0 Å². The van der Waals surface area contributed by atoms with Gasteiger partial charge in [-0.3, -0.25) is 0 Å². The summed E-state index contributed by atoms with van der Waals surface area (Å²) in [5, 5.41) is 7.94. The normalized spacial score (nSPS) is 11.8. The average Bonchev–Trinajstić information content (AvgIpc) is 2.75. The average molecular weight is 273 g/mol. The smallest absolute Gasteiger partial charge is 0.0219 e. The minimum Gasteiger partial charge on any atom is -0.309 e. The van der Waals surface area contributed by atoms with Crippen molar-refractivity contribution in [1.29, 1.82) is 0 Å². The fraction of sp³-hybridized carbons (Fsp3) is 0.412. The van der Waals surface area contributed by atoms with Crippen LogP contribution in [0, 0.1) is 6.92 Å². The predicted octanol–water partition coefficient (Wildman–Crippen LogP) is 4.64. The van der Waals surface area contributed by atoms with Gasteiger partial charge in [0.2, 0.25) is 0 Å². The molecule has 0 bridgehead atoms. The Morgan fingerprint density at radius 2 is 1.68 bits per heavy atom. The summed E-state index contributed by atoms with van der Waals surface area (Å²) in [5.74, 6) is 0. The van der Waals surface area contributed by atoms with Gasteiger partial charge < -0.3 is 5.32 Å². The second-order valence-electron chi connectivity index (χ2n) is 6.13. The van der Waals surface area contributed by atoms with Gasteiger partial charge in [0.15, 0.2) is 0 Å². The third-order valence-electron chi connectivity index (χ3n) is 3.43. The maximum Gasteiger partial charge on any atom is 0.0219 e. The SMILES string of the molecule is Cc1cscc1CNCc1ccc(C(C)(C)C)cc1. The molecule has 1 aromatic carbocycles. The van der Waals surface area contributed by atoms with E-state index in [1.807, 2.05) is 0 Å². The number of benzene rings is 1. The largest absolute Gasteiger partial charge is 0.309 e. The standard InChI is InChI=1S/C17H23NS/c1-13-11-19-12-15(13)10-18-9-14-5-7-16(8-6-14)17(2,3)4/h5-8,11-12,18H,9-10H2,1-4H3. The Balaban J connectivity index is 1.89. The second-order valence-corrected chi connectivity index (χ2v) is 6.87. The van der Waals surface area contributed by atoms with E-state index in [-0.39, 0.29) is 5.41 Å². The van der Waals surface area contributed by atoms with Gasteiger partial charge >= 0.3 is 0 Å². The zero-order valence-electron chi connectivity index (χ0n) is 12.3. The molecule has 0 saturated carbocycles. The summed E-state index contributed by atoms with van der Waals surface area (Å²) < 4.78 is 0. The molecule has 1 nitrogen and oxygen atoms in total. The van der Waals surface area contributed by atoms with Crippen molar-refractivity contribution >= 4 is 11.3 Å². The second kappa shape index (κ2) is 5.89. The quantitative estimate of drug-likeness (QED) is 0.855. The summed E-state index contributed by atoms with van der Waals surface area (Å²) in [6.07, 6.45) is 0. The molecule has 2 rings (SSSR count). The van der Waals surface area contributed by atoms with Gasteiger partial charge in [-0.2, -0.15) is 11.3 Å². The Labute approximate surface area is 120 Å². The first-order chi connectivity index (χ1) is 8.97. The van der Waals surface area contributed by atoms with Gasteiger partial charge in [0.05, 0.1) is 0 Å². The van der Waals surface area contributed by atoms with E-state index in [1.165, 1.54) is 22.3 Å². The molecule has 1 N–H and O–H groups in total. The van der Waals surface area contributed by atoms with Gasteiger partial charge in [-0.15, -0.1) is 0 Å². The Hall–Kier alpha value is -1.12. The topological polar surface area (TPSA) is 12.0 Å². The maximum atomic E-state index is 3.51. The van der Waals surface area contributed by atoms with Crippen LogP contribution in [0.3, 0.4) is 0 Å². The Morgan fingerprint density at radius 1 is 1.00 bits per heavy atom. The monoisotopic (exact) mass is 273 g/mol. The Morgan fingerprint density at radius 3 is 2.21 bits per heavy atom. The summed E-state index contributed by atoms with van der Waals surface area (Å²) in [6, 6.07) is 8.95. The molecule has 102 valence electrons. The molecule has 0 amide bonds. The molecular formula is C17H23NS. The van der Waals surface area contributed by atoms with Crippen molar-refractivity contribution < 1.29 is 0 Å². The Bertz CT molecular complexity index is 517. The van der Waals surface area contributed by atoms with Crippen LogP contribution < -0.4 is 5.32 Å². The van der Waals surface area contributed by atoms with Crippen molar-refractivity contribution in [2.45, 2.75) is 46.2 Å². The fourth-order valence-electron chi connectivity index (χ4n) is 2.03. The molecule has 1 aromatic heterocycles. The highest BCUT2D eigenvalue weighted by atomic mass is 32.1. The number of thiophene rings is 1. The highest BCUT2D eigenvalue weighted by Gasteiger charge is 2.12. The molecule has 0 radical (unpaired) electrons. The minimum atomic E-state index is 0.236. The van der Waals surface area contributed by atoms with E-state index >= 15 is 0 Å². The molecule has 0 atom stereocenters. The zero-order chi connectivity index (χ0) is 13.9. The van der Waals surface area contributed by atoms with Crippen LogP contribution in [0.4, 0.5) is 0 Å². The first kappa shape index (κ1) is 14.3. The zero-order valence-corrected chi connectivity index (χ0v) is 13.1. The van der Waals surface area contributed by atoms with Crippen molar-refractivity contribution in [3.05, 3.63) is 57.3 Å². The first-order valence-corrected chi connectivity index (χ1v) is 7.73. The maximum absolute atomic E-state index is 3.51. The number of hydrogen-bond acceptors (Lipinski definition) is 2. The predicted molar refractivity (Wildman–Crippen MR) is 84.7 cm³/mol. The molecule has 0 spiro atoms. The van der Waals surface area contributed by atoms with Crippen molar-refractivity contribution in [1.82, 2.24) is 5.32 Å². The van der Waals surface area contributed by atoms with E-state index in [0.29, 0.717) is 0 Å². The van der Waals surface area contributed by atoms with E-state index < -0.39 is 0 Å². The van der Waals surface area contributed by atoms with Crippen LogP contribution in [0.1, 0.15) is 43.0 Å². The molecule has 19 heavy (non-hydrogen) atoms. The van der Waals surface area contributed by atoms with Gasteiger partial charge in [-0.25, -0.2) is 0 Å². The molecule has 0 saturated heterocycles. The number of hydrogen-bond donors (Lipinski definition) is 1. The molecule has 0 aliphatic carbocycles. The summed E-state index contributed by atoms with van der Waals surface area (Å²) in [7, 11) is 0. The lowest BCUT2D eigenvalue weighted by atomic mass is 9.87. The van der Waals surface area contributed by atoms with E-state index in [9.17, 15) is 0 Å². The van der Waals surface area contributed by atoms with Gasteiger partial charge in [0, 0.05) is 13.1 Å². The molecule has 0 unspecified atom stereocenters. The van der Waals surface area contributed by atoms with E-state index in [2.05, 4.69) is 68.0 Å². The van der Waals surface area contributed by atoms with Crippen molar-refractivity contribution in [2.24, 2.45) is 0 Å². The summed E-state index contributed by atoms with van der Waals surface area (Å²) in [5.41, 5.74) is 5.78. The van der Waals surface area contributed by atoms with Crippen LogP contribution in [-0.4, -0.2) is 0 Å². The molecule has 0 fully saturated rings. The number of nitrogens with one attached hydrogen (secondary N) is 1. The molecule has 0 aliphatic rings. The molecule has 1 heterocycles. The number of rotatable bonds is 4. The lowest BCUT2D eigenvalue weighted by Crippen LogP contribution is -2.14. The lowest BCUT2D eigenvalue weighted by molar-refractivity contribution is 0.589. The van der Waals surface area contributed by atoms with Gasteiger partial charge in [-0.1, -0.05) is 45.0 Å². The first-order valence-electron chi connectivity index (χ1n) is 6.78. The number of aryl methyl sites for hydroxylation is 1. The lowest BCUT2D eigenvalue weighted by Gasteiger charge is -2.19. The van der Waals surface area contributed by atoms with Crippen LogP contribution in [-0.2, 0) is 18.5 Å². The minimum absolute atomic E-state index is 0.236. The summed E-state index contributed by atoms with van der Waals surface area (Å²) in [6.45, 7) is 10.8. The van der Waals surface area contributed by atoms with Gasteiger partial charge in [-0.05, 0) is 45.4 Å². The van der Waals surface area contributed by atoms with Crippen molar-refractivity contribution in [2.75, 3.05) is 0 Å². The summed E-state index contributed by atoms with van der Waals surface area (Å²) >= 11 is 1.78. The molecule has 0 aliphatic heterocycles. The summed E-state index contributed by atoms with van der Waals surface area (Å²) in [4.78, 5) is 0. The van der Waals surface area contributed by atoms with Crippen LogP contribution in [0.15, 0.2) is 35.0 Å². The fourth-order valence-corrected chi connectivity index (χ4v) is 2.89. The van der Waals surface area contributed by atoms with Crippen LogP contribution in [0.5, 0.6) is 0 Å². The molecule has 2 aromatic rings. The third kappa shape index (κ3) is 3.92. The highest BCUT2D eigenvalue weighted by Crippen LogP contribution is 2.22.